The second-order valence-electron chi connectivity index (χ2n) is 4.23. The van der Waals surface area contributed by atoms with Crippen molar-refractivity contribution in [1.29, 1.82) is 0 Å². The van der Waals surface area contributed by atoms with E-state index in [-0.39, 0.29) is 17.4 Å². The number of sulfonamides is 1. The molecule has 0 saturated carbocycles. The molecule has 0 aliphatic carbocycles. The standard InChI is InChI=1S/C10H12BrNO5S2/c1-5-2-8(18-9(5)11)19(15,16)12-7-4-17-3-6(7)10(13)14/h2,6-7,12H,3-4H2,1H3,(H,13,14). The van der Waals surface area contributed by atoms with Crippen LogP contribution >= 0.6 is 27.3 Å². The van der Waals surface area contributed by atoms with Crippen molar-refractivity contribution < 1.29 is 23.1 Å². The maximum absolute atomic E-state index is 12.2. The number of hydrogen-bond acceptors (Lipinski definition) is 5. The smallest absolute Gasteiger partial charge is 0.310 e. The first kappa shape index (κ1) is 14.9. The number of nitrogens with one attached hydrogen (secondary N) is 1. The molecule has 2 N–H and O–H groups in total. The van der Waals surface area contributed by atoms with Gasteiger partial charge in [-0.2, -0.15) is 0 Å². The minimum Gasteiger partial charge on any atom is -0.481 e. The molecule has 2 heterocycles. The number of rotatable bonds is 4. The Morgan fingerprint density at radius 3 is 2.79 bits per heavy atom. The molecule has 2 unspecified atom stereocenters. The van der Waals surface area contributed by atoms with Crippen molar-refractivity contribution in [3.8, 4) is 0 Å². The molecular formula is C10H12BrNO5S2. The monoisotopic (exact) mass is 369 g/mol. The Bertz CT molecular complexity index is 578. The van der Waals surface area contributed by atoms with Gasteiger partial charge in [-0.25, -0.2) is 13.1 Å². The number of aliphatic carboxylic acids is 1. The lowest BCUT2D eigenvalue weighted by atomic mass is 10.1. The highest BCUT2D eigenvalue weighted by molar-refractivity contribution is 9.11. The number of carboxylic acid groups (broad SMARTS) is 1. The lowest BCUT2D eigenvalue weighted by Crippen LogP contribution is -2.42. The second kappa shape index (κ2) is 5.49. The zero-order valence-electron chi connectivity index (χ0n) is 9.92. The van der Waals surface area contributed by atoms with Crippen LogP contribution in [0.25, 0.3) is 0 Å². The summed E-state index contributed by atoms with van der Waals surface area (Å²) in [4.78, 5) is 11.0. The normalized spacial score (nSPS) is 23.7. The quantitative estimate of drug-likeness (QED) is 0.831. The van der Waals surface area contributed by atoms with Crippen molar-refractivity contribution in [2.24, 2.45) is 5.92 Å². The van der Waals surface area contributed by atoms with Gasteiger partial charge >= 0.3 is 5.97 Å². The molecule has 0 spiro atoms. The number of carbonyl (C=O) groups is 1. The zero-order chi connectivity index (χ0) is 14.2. The third-order valence-electron chi connectivity index (χ3n) is 2.80. The number of halogens is 1. The fourth-order valence-corrected chi connectivity index (χ4v) is 5.24. The van der Waals surface area contributed by atoms with Crippen LogP contribution in [0.5, 0.6) is 0 Å². The van der Waals surface area contributed by atoms with Gasteiger partial charge in [-0.05, 0) is 34.5 Å². The maximum atomic E-state index is 12.2. The van der Waals surface area contributed by atoms with Gasteiger partial charge < -0.3 is 9.84 Å². The first-order chi connectivity index (χ1) is 8.81. The summed E-state index contributed by atoms with van der Waals surface area (Å²) in [6.45, 7) is 1.88. The van der Waals surface area contributed by atoms with E-state index in [0.717, 1.165) is 20.7 Å². The van der Waals surface area contributed by atoms with E-state index in [2.05, 4.69) is 20.7 Å². The molecule has 0 aromatic carbocycles. The molecule has 1 aromatic heterocycles. The largest absolute Gasteiger partial charge is 0.481 e. The third-order valence-corrected chi connectivity index (χ3v) is 6.90. The van der Waals surface area contributed by atoms with Gasteiger partial charge in [0.25, 0.3) is 0 Å². The number of hydrogen-bond donors (Lipinski definition) is 2. The van der Waals surface area contributed by atoms with E-state index in [9.17, 15) is 13.2 Å². The van der Waals surface area contributed by atoms with E-state index in [1.165, 1.54) is 0 Å². The van der Waals surface area contributed by atoms with Crippen molar-refractivity contribution >= 4 is 43.3 Å². The highest BCUT2D eigenvalue weighted by Crippen LogP contribution is 2.31. The van der Waals surface area contributed by atoms with Crippen LogP contribution in [0.15, 0.2) is 14.1 Å². The molecule has 106 valence electrons. The van der Waals surface area contributed by atoms with E-state index in [4.69, 9.17) is 9.84 Å². The van der Waals surface area contributed by atoms with Crippen molar-refractivity contribution in [3.05, 3.63) is 15.4 Å². The topological polar surface area (TPSA) is 92.7 Å². The Hall–Kier alpha value is -0.480. The Morgan fingerprint density at radius 2 is 2.26 bits per heavy atom. The Kier molecular flexibility index (Phi) is 4.31. The predicted octanol–water partition coefficient (Wildman–Crippen LogP) is 1.20. The maximum Gasteiger partial charge on any atom is 0.310 e. The summed E-state index contributed by atoms with van der Waals surface area (Å²) in [7, 11) is -3.72. The molecular weight excluding hydrogens is 358 g/mol. The van der Waals surface area contributed by atoms with Crippen LogP contribution in [-0.4, -0.2) is 38.7 Å². The molecule has 19 heavy (non-hydrogen) atoms. The lowest BCUT2D eigenvalue weighted by Gasteiger charge is -2.14. The Morgan fingerprint density at radius 1 is 1.58 bits per heavy atom. The number of ether oxygens (including phenoxy) is 1. The van der Waals surface area contributed by atoms with Gasteiger partial charge in [-0.15, -0.1) is 11.3 Å². The van der Waals surface area contributed by atoms with E-state index in [0.29, 0.717) is 0 Å². The summed E-state index contributed by atoms with van der Waals surface area (Å²) in [6.07, 6.45) is 0. The summed E-state index contributed by atoms with van der Waals surface area (Å²) in [6, 6.07) is 0.812. The summed E-state index contributed by atoms with van der Waals surface area (Å²) >= 11 is 4.36. The zero-order valence-corrected chi connectivity index (χ0v) is 13.1. The highest BCUT2D eigenvalue weighted by Gasteiger charge is 2.37. The number of aryl methyl sites for hydroxylation is 1. The molecule has 2 atom stereocenters. The minimum atomic E-state index is -3.72. The third kappa shape index (κ3) is 3.16. The summed E-state index contributed by atoms with van der Waals surface area (Å²) in [5, 5.41) is 8.98. The molecule has 1 aliphatic heterocycles. The summed E-state index contributed by atoms with van der Waals surface area (Å²) < 4.78 is 32.6. The van der Waals surface area contributed by atoms with Gasteiger partial charge in [0.1, 0.15) is 4.21 Å². The minimum absolute atomic E-state index is 0.0235. The average Bonchev–Trinajstić information content (AvgIpc) is 2.87. The molecule has 0 amide bonds. The number of thiophene rings is 1. The fourth-order valence-electron chi connectivity index (χ4n) is 1.74. The summed E-state index contributed by atoms with van der Waals surface area (Å²) in [5.41, 5.74) is 0.822. The molecule has 0 radical (unpaired) electrons. The molecule has 1 aromatic rings. The van der Waals surface area contributed by atoms with Gasteiger partial charge in [-0.1, -0.05) is 0 Å². The Labute approximate surface area is 123 Å². The molecule has 6 nitrogen and oxygen atoms in total. The molecule has 1 aliphatic rings. The molecule has 9 heteroatoms. The van der Waals surface area contributed by atoms with E-state index in [1.54, 1.807) is 13.0 Å². The van der Waals surface area contributed by atoms with Crippen LogP contribution in [0.3, 0.4) is 0 Å². The average molecular weight is 370 g/mol. The van der Waals surface area contributed by atoms with Gasteiger partial charge in [0.2, 0.25) is 10.0 Å². The van der Waals surface area contributed by atoms with Crippen LogP contribution in [0.4, 0.5) is 0 Å². The molecule has 1 saturated heterocycles. The van der Waals surface area contributed by atoms with E-state index in [1.807, 2.05) is 0 Å². The molecule has 2 rings (SSSR count). The van der Waals surface area contributed by atoms with Gasteiger partial charge in [0.15, 0.2) is 0 Å². The van der Waals surface area contributed by atoms with Gasteiger partial charge in [0.05, 0.1) is 29.0 Å². The lowest BCUT2D eigenvalue weighted by molar-refractivity contribution is -0.142. The highest BCUT2D eigenvalue weighted by atomic mass is 79.9. The van der Waals surface area contributed by atoms with Gasteiger partial charge in [-0.3, -0.25) is 4.79 Å². The van der Waals surface area contributed by atoms with E-state index < -0.39 is 28.0 Å². The fraction of sp³-hybridized carbons (Fsp3) is 0.500. The van der Waals surface area contributed by atoms with Crippen LogP contribution in [0, 0.1) is 12.8 Å². The van der Waals surface area contributed by atoms with E-state index >= 15 is 0 Å². The Balaban J connectivity index is 2.20. The van der Waals surface area contributed by atoms with Crippen LogP contribution in [-0.2, 0) is 19.6 Å². The van der Waals surface area contributed by atoms with Crippen LogP contribution < -0.4 is 4.72 Å². The van der Waals surface area contributed by atoms with Crippen molar-refractivity contribution in [1.82, 2.24) is 4.72 Å². The first-order valence-corrected chi connectivity index (χ1v) is 8.49. The van der Waals surface area contributed by atoms with Crippen molar-refractivity contribution in [3.63, 3.8) is 0 Å². The number of carboxylic acids is 1. The van der Waals surface area contributed by atoms with Gasteiger partial charge in [0, 0.05) is 0 Å². The second-order valence-corrected chi connectivity index (χ2v) is 8.54. The molecule has 1 fully saturated rings. The summed E-state index contributed by atoms with van der Waals surface area (Å²) in [5.74, 6) is -1.91. The van der Waals surface area contributed by atoms with Crippen LogP contribution in [0.2, 0.25) is 0 Å². The predicted molar refractivity (Wildman–Crippen MR) is 72.8 cm³/mol. The molecule has 0 bridgehead atoms. The first-order valence-electron chi connectivity index (χ1n) is 5.40. The van der Waals surface area contributed by atoms with Crippen LogP contribution in [0.1, 0.15) is 5.56 Å². The SMILES string of the molecule is Cc1cc(S(=O)(=O)NC2COCC2C(=O)O)sc1Br. The van der Waals surface area contributed by atoms with Crippen molar-refractivity contribution in [2.75, 3.05) is 13.2 Å². The van der Waals surface area contributed by atoms with Crippen molar-refractivity contribution in [2.45, 2.75) is 17.2 Å².